The summed E-state index contributed by atoms with van der Waals surface area (Å²) in [5.74, 6) is 0. The lowest BCUT2D eigenvalue weighted by Crippen LogP contribution is -1.90. The van der Waals surface area contributed by atoms with Gasteiger partial charge in [0.1, 0.15) is 0 Å². The average Bonchev–Trinajstić information content (AvgIpc) is 2.67. The summed E-state index contributed by atoms with van der Waals surface area (Å²) in [6.07, 6.45) is 10.1. The van der Waals surface area contributed by atoms with Gasteiger partial charge in [-0.3, -0.25) is 15.0 Å². The van der Waals surface area contributed by atoms with E-state index >= 15 is 0 Å². The van der Waals surface area contributed by atoms with Crippen molar-refractivity contribution in [2.75, 3.05) is 0 Å². The lowest BCUT2D eigenvalue weighted by atomic mass is 10.0. The van der Waals surface area contributed by atoms with Crippen LogP contribution in [0.1, 0.15) is 18.2 Å². The van der Waals surface area contributed by atoms with Gasteiger partial charge in [0.25, 0.3) is 0 Å². The van der Waals surface area contributed by atoms with Crippen LogP contribution in [0.4, 0.5) is 0 Å². The van der Waals surface area contributed by atoms with E-state index in [1.165, 1.54) is 0 Å². The number of hydrogen-bond acceptors (Lipinski definition) is 3. The predicted octanol–water partition coefficient (Wildman–Crippen LogP) is 4.82. The van der Waals surface area contributed by atoms with Crippen LogP contribution in [0, 0.1) is 0 Å². The molecule has 0 amide bonds. The molecule has 24 heavy (non-hydrogen) atoms. The quantitative estimate of drug-likeness (QED) is 0.633. The van der Waals surface area contributed by atoms with Gasteiger partial charge in [-0.05, 0) is 41.8 Å². The molecule has 0 atom stereocenters. The first-order valence-corrected chi connectivity index (χ1v) is 7.96. The van der Waals surface area contributed by atoms with E-state index in [9.17, 15) is 0 Å². The zero-order valence-corrected chi connectivity index (χ0v) is 13.6. The van der Waals surface area contributed by atoms with Gasteiger partial charge >= 0.3 is 0 Å². The van der Waals surface area contributed by atoms with E-state index in [-0.39, 0.29) is 0 Å². The van der Waals surface area contributed by atoms with Gasteiger partial charge in [0.15, 0.2) is 0 Å². The van der Waals surface area contributed by atoms with Crippen LogP contribution in [0.15, 0.2) is 84.3 Å². The van der Waals surface area contributed by atoms with Gasteiger partial charge in [-0.2, -0.15) is 0 Å². The Morgan fingerprint density at radius 3 is 2.50 bits per heavy atom. The minimum atomic E-state index is 0.728. The Morgan fingerprint density at radius 1 is 0.958 bits per heavy atom. The molecule has 0 fully saturated rings. The molecular weight excluding hydrogens is 294 g/mol. The summed E-state index contributed by atoms with van der Waals surface area (Å²) in [5.41, 5.74) is 5.35. The second-order valence-corrected chi connectivity index (χ2v) is 5.33. The lowest BCUT2D eigenvalue weighted by molar-refractivity contribution is 1.15. The molecule has 3 rings (SSSR count). The number of allylic oxidation sites excluding steroid dienone is 1. The molecule has 0 unspecified atom stereocenters. The third-order valence-corrected chi connectivity index (χ3v) is 3.71. The molecule has 0 spiro atoms. The number of aliphatic imine (C=N–C) groups is 1. The molecule has 0 aliphatic heterocycles. The van der Waals surface area contributed by atoms with E-state index in [0.717, 1.165) is 34.5 Å². The van der Waals surface area contributed by atoms with Gasteiger partial charge in [-0.25, -0.2) is 0 Å². The van der Waals surface area contributed by atoms with Crippen LogP contribution in [0.2, 0.25) is 0 Å². The second-order valence-electron chi connectivity index (χ2n) is 5.33. The molecular formula is C21H19N3. The van der Waals surface area contributed by atoms with Crippen molar-refractivity contribution >= 4 is 11.9 Å². The largest absolute Gasteiger partial charge is 0.264 e. The Kier molecular flexibility index (Phi) is 5.25. The monoisotopic (exact) mass is 313 g/mol. The molecule has 118 valence electrons. The van der Waals surface area contributed by atoms with Crippen LogP contribution >= 0.6 is 0 Å². The zero-order valence-electron chi connectivity index (χ0n) is 13.6. The molecule has 1 aromatic carbocycles. The number of nitrogens with zero attached hydrogens (tertiary/aromatic N) is 3. The molecule has 0 bridgehead atoms. The van der Waals surface area contributed by atoms with Gasteiger partial charge in [0.05, 0.1) is 5.70 Å². The van der Waals surface area contributed by atoms with Crippen molar-refractivity contribution < 1.29 is 0 Å². The van der Waals surface area contributed by atoms with Crippen molar-refractivity contribution in [1.82, 2.24) is 9.97 Å². The zero-order chi connectivity index (χ0) is 16.6. The fraction of sp³-hybridized carbons (Fsp3) is 0.0952. The fourth-order valence-electron chi connectivity index (χ4n) is 2.44. The van der Waals surface area contributed by atoms with Gasteiger partial charge in [0.2, 0.25) is 0 Å². The first kappa shape index (κ1) is 15.8. The van der Waals surface area contributed by atoms with Crippen molar-refractivity contribution in [3.63, 3.8) is 0 Å². The minimum Gasteiger partial charge on any atom is -0.264 e. The van der Waals surface area contributed by atoms with Crippen LogP contribution in [-0.2, 0) is 6.42 Å². The normalized spacial score (nSPS) is 11.8. The van der Waals surface area contributed by atoms with Crippen molar-refractivity contribution in [1.29, 1.82) is 0 Å². The van der Waals surface area contributed by atoms with Crippen molar-refractivity contribution in [2.24, 2.45) is 4.99 Å². The average molecular weight is 313 g/mol. The third-order valence-electron chi connectivity index (χ3n) is 3.71. The van der Waals surface area contributed by atoms with Crippen LogP contribution in [-0.4, -0.2) is 16.2 Å². The van der Waals surface area contributed by atoms with Gasteiger partial charge in [-0.15, -0.1) is 0 Å². The Bertz CT molecular complexity index is 820. The lowest BCUT2D eigenvalue weighted by Gasteiger charge is -2.05. The van der Waals surface area contributed by atoms with E-state index < -0.39 is 0 Å². The van der Waals surface area contributed by atoms with Crippen LogP contribution < -0.4 is 0 Å². The van der Waals surface area contributed by atoms with Crippen LogP contribution in [0.5, 0.6) is 0 Å². The number of pyridine rings is 2. The smallest absolute Gasteiger partial charge is 0.0655 e. The van der Waals surface area contributed by atoms with Crippen molar-refractivity contribution in [3.05, 3.63) is 90.5 Å². The number of hydrogen-bond donors (Lipinski definition) is 0. The number of benzene rings is 1. The SMILES string of the molecule is C/C=C(\N=CCc1ccccn1)c1ccc(-c2cccnc2)cc1. The molecule has 0 N–H and O–H groups in total. The topological polar surface area (TPSA) is 38.1 Å². The second kappa shape index (κ2) is 7.97. The van der Waals surface area contributed by atoms with Gasteiger partial charge in [-0.1, -0.05) is 42.5 Å². The molecule has 0 aliphatic rings. The summed E-state index contributed by atoms with van der Waals surface area (Å²) in [7, 11) is 0. The summed E-state index contributed by atoms with van der Waals surface area (Å²) in [4.78, 5) is 13.1. The predicted molar refractivity (Wildman–Crippen MR) is 99.8 cm³/mol. The summed E-state index contributed by atoms with van der Waals surface area (Å²) in [6, 6.07) is 18.3. The van der Waals surface area contributed by atoms with Crippen LogP contribution in [0.25, 0.3) is 16.8 Å². The van der Waals surface area contributed by atoms with E-state index in [0.29, 0.717) is 0 Å². The highest BCUT2D eigenvalue weighted by atomic mass is 14.7. The minimum absolute atomic E-state index is 0.728. The summed E-state index contributed by atoms with van der Waals surface area (Å²) in [5, 5.41) is 0. The Hall–Kier alpha value is -3.07. The summed E-state index contributed by atoms with van der Waals surface area (Å²) < 4.78 is 0. The highest BCUT2D eigenvalue weighted by molar-refractivity contribution is 5.76. The van der Waals surface area contributed by atoms with Crippen LogP contribution in [0.3, 0.4) is 0 Å². The van der Waals surface area contributed by atoms with Gasteiger partial charge < -0.3 is 0 Å². The Balaban J connectivity index is 1.72. The van der Waals surface area contributed by atoms with Crippen molar-refractivity contribution in [3.8, 4) is 11.1 Å². The Morgan fingerprint density at radius 2 is 1.83 bits per heavy atom. The molecule has 0 saturated heterocycles. The molecule has 2 aromatic heterocycles. The Labute approximate surface area is 142 Å². The summed E-state index contributed by atoms with van der Waals surface area (Å²) >= 11 is 0. The first-order valence-electron chi connectivity index (χ1n) is 7.96. The molecule has 3 heteroatoms. The molecule has 0 saturated carbocycles. The number of rotatable bonds is 5. The number of aromatic nitrogens is 2. The third kappa shape index (κ3) is 4.02. The fourth-order valence-corrected chi connectivity index (χ4v) is 2.44. The van der Waals surface area contributed by atoms with E-state index in [1.807, 2.05) is 49.7 Å². The highest BCUT2D eigenvalue weighted by Gasteiger charge is 2.01. The molecule has 0 radical (unpaired) electrons. The first-order chi connectivity index (χ1) is 11.9. The molecule has 3 nitrogen and oxygen atoms in total. The highest BCUT2D eigenvalue weighted by Crippen LogP contribution is 2.22. The standard InChI is InChI=1S/C21H19N3/c1-2-21(24-15-12-20-7-3-4-14-23-20)18-10-8-17(9-11-18)19-6-5-13-22-16-19/h2-11,13-16H,12H2,1H3/b21-2-,24-15?. The summed E-state index contributed by atoms with van der Waals surface area (Å²) in [6.45, 7) is 2.00. The van der Waals surface area contributed by atoms with E-state index in [1.54, 1.807) is 12.4 Å². The molecule has 0 aliphatic carbocycles. The van der Waals surface area contributed by atoms with Crippen molar-refractivity contribution in [2.45, 2.75) is 13.3 Å². The maximum Gasteiger partial charge on any atom is 0.0655 e. The molecule has 3 aromatic rings. The van der Waals surface area contributed by atoms with E-state index in [4.69, 9.17) is 0 Å². The maximum atomic E-state index is 4.59. The maximum absolute atomic E-state index is 4.59. The molecule has 2 heterocycles. The van der Waals surface area contributed by atoms with E-state index in [2.05, 4.69) is 45.3 Å². The van der Waals surface area contributed by atoms with Gasteiger partial charge in [0, 0.05) is 36.9 Å².